The highest BCUT2D eigenvalue weighted by Gasteiger charge is 2.60. The van der Waals surface area contributed by atoms with Gasteiger partial charge < -0.3 is 14.2 Å². The predicted molar refractivity (Wildman–Crippen MR) is 90.3 cm³/mol. The van der Waals surface area contributed by atoms with Crippen LogP contribution in [0.25, 0.3) is 0 Å². The molecule has 0 radical (unpaired) electrons. The van der Waals surface area contributed by atoms with Crippen LogP contribution in [-0.2, 0) is 19.0 Å². The monoisotopic (exact) mass is 334 g/mol. The molecule has 0 aromatic heterocycles. The predicted octanol–water partition coefficient (Wildman–Crippen LogP) is 4.13. The van der Waals surface area contributed by atoms with Crippen molar-refractivity contribution in [3.63, 3.8) is 0 Å². The first-order valence-corrected chi connectivity index (χ1v) is 9.71. The summed E-state index contributed by atoms with van der Waals surface area (Å²) in [5, 5.41) is 0. The molecule has 0 amide bonds. The Morgan fingerprint density at radius 3 is 2.38 bits per heavy atom. The van der Waals surface area contributed by atoms with Crippen molar-refractivity contribution in [2.75, 3.05) is 6.79 Å². The Balaban J connectivity index is 1.39. The third kappa shape index (κ3) is 3.28. The summed E-state index contributed by atoms with van der Waals surface area (Å²) >= 11 is 0. The van der Waals surface area contributed by atoms with E-state index in [0.29, 0.717) is 24.7 Å². The number of carbonyl (C=O) groups is 1. The average molecular weight is 334 g/mol. The van der Waals surface area contributed by atoms with Crippen molar-refractivity contribution in [1.29, 1.82) is 0 Å². The van der Waals surface area contributed by atoms with Gasteiger partial charge in [-0.25, -0.2) is 4.79 Å². The second-order valence-corrected chi connectivity index (χ2v) is 8.64. The zero-order valence-corrected chi connectivity index (χ0v) is 14.6. The van der Waals surface area contributed by atoms with Crippen molar-refractivity contribution >= 4 is 5.97 Å². The molecule has 0 heterocycles. The van der Waals surface area contributed by atoms with Crippen molar-refractivity contribution in [1.82, 2.24) is 0 Å². The van der Waals surface area contributed by atoms with E-state index < -0.39 is 0 Å². The van der Waals surface area contributed by atoms with E-state index in [1.165, 1.54) is 44.6 Å². The Bertz CT molecular complexity index is 480. The molecule has 0 aliphatic heterocycles. The van der Waals surface area contributed by atoms with Gasteiger partial charge in [0, 0.05) is 12.5 Å². The first-order valence-electron chi connectivity index (χ1n) is 9.71. The summed E-state index contributed by atoms with van der Waals surface area (Å²) in [6.45, 7) is 3.95. The van der Waals surface area contributed by atoms with Gasteiger partial charge in [0.15, 0.2) is 0 Å². The number of hydrogen-bond donors (Lipinski definition) is 0. The first kappa shape index (κ1) is 16.6. The van der Waals surface area contributed by atoms with Gasteiger partial charge in [-0.05, 0) is 56.8 Å². The molecule has 4 heteroatoms. The standard InChI is InChI=1S/C20H30O4/c1-2-18(21)24-20-11-15-8-16(12-20)10-19(9-15,13-20)23-14-22-17-6-4-3-5-7-17/h2,15-17H,1,3-14H2. The van der Waals surface area contributed by atoms with E-state index in [2.05, 4.69) is 6.58 Å². The molecule has 0 N–H and O–H groups in total. The number of carbonyl (C=O) groups excluding carboxylic acids is 1. The van der Waals surface area contributed by atoms with E-state index in [1.54, 1.807) is 0 Å². The van der Waals surface area contributed by atoms with Crippen LogP contribution in [-0.4, -0.2) is 30.1 Å². The molecule has 0 aromatic carbocycles. The molecule has 5 fully saturated rings. The summed E-state index contributed by atoms with van der Waals surface area (Å²) in [4.78, 5) is 11.8. The van der Waals surface area contributed by atoms with Crippen LogP contribution < -0.4 is 0 Å². The van der Waals surface area contributed by atoms with Crippen LogP contribution in [0.15, 0.2) is 12.7 Å². The third-order valence-electron chi connectivity index (χ3n) is 6.66. The molecule has 0 spiro atoms. The van der Waals surface area contributed by atoms with Crippen LogP contribution in [0.5, 0.6) is 0 Å². The van der Waals surface area contributed by atoms with Gasteiger partial charge in [-0.2, -0.15) is 0 Å². The summed E-state index contributed by atoms with van der Waals surface area (Å²) in [6.07, 6.45) is 14.2. The molecule has 5 saturated carbocycles. The number of rotatable bonds is 6. The fraction of sp³-hybridized carbons (Fsp3) is 0.850. The van der Waals surface area contributed by atoms with Gasteiger partial charge >= 0.3 is 5.97 Å². The normalized spacial score (nSPS) is 41.3. The van der Waals surface area contributed by atoms with E-state index in [-0.39, 0.29) is 17.2 Å². The smallest absolute Gasteiger partial charge is 0.330 e. The largest absolute Gasteiger partial charge is 0.456 e. The van der Waals surface area contributed by atoms with Crippen LogP contribution in [0.3, 0.4) is 0 Å². The number of esters is 1. The van der Waals surface area contributed by atoms with Crippen molar-refractivity contribution in [2.45, 2.75) is 87.9 Å². The molecule has 0 saturated heterocycles. The minimum Gasteiger partial charge on any atom is -0.456 e. The highest BCUT2D eigenvalue weighted by Crippen LogP contribution is 2.60. The van der Waals surface area contributed by atoms with Crippen molar-refractivity contribution in [3.8, 4) is 0 Å². The fourth-order valence-electron chi connectivity index (χ4n) is 6.13. The Morgan fingerprint density at radius 2 is 1.71 bits per heavy atom. The van der Waals surface area contributed by atoms with Crippen LogP contribution in [0, 0.1) is 11.8 Å². The third-order valence-corrected chi connectivity index (χ3v) is 6.66. The van der Waals surface area contributed by atoms with E-state index in [4.69, 9.17) is 14.2 Å². The molecule has 2 unspecified atom stereocenters. The van der Waals surface area contributed by atoms with Gasteiger partial charge in [-0.1, -0.05) is 25.8 Å². The highest BCUT2D eigenvalue weighted by molar-refractivity contribution is 5.81. The molecule has 0 aromatic rings. The van der Waals surface area contributed by atoms with Crippen molar-refractivity contribution in [2.24, 2.45) is 11.8 Å². The van der Waals surface area contributed by atoms with Crippen molar-refractivity contribution in [3.05, 3.63) is 12.7 Å². The fourth-order valence-corrected chi connectivity index (χ4v) is 6.13. The molecule has 4 bridgehead atoms. The van der Waals surface area contributed by atoms with Crippen LogP contribution in [0.2, 0.25) is 0 Å². The molecule has 134 valence electrons. The summed E-state index contributed by atoms with van der Waals surface area (Å²) in [5.41, 5.74) is -0.458. The summed E-state index contributed by atoms with van der Waals surface area (Å²) in [5.74, 6) is 0.961. The lowest BCUT2D eigenvalue weighted by Gasteiger charge is -2.60. The van der Waals surface area contributed by atoms with Gasteiger partial charge in [0.25, 0.3) is 0 Å². The van der Waals surface area contributed by atoms with E-state index in [0.717, 1.165) is 32.1 Å². The lowest BCUT2D eigenvalue weighted by Crippen LogP contribution is -2.61. The molecular formula is C20H30O4. The average Bonchev–Trinajstić information content (AvgIpc) is 2.54. The zero-order valence-electron chi connectivity index (χ0n) is 14.6. The van der Waals surface area contributed by atoms with E-state index in [9.17, 15) is 4.79 Å². The minimum atomic E-state index is -0.319. The van der Waals surface area contributed by atoms with Crippen LogP contribution >= 0.6 is 0 Å². The highest BCUT2D eigenvalue weighted by atomic mass is 16.7. The van der Waals surface area contributed by atoms with Crippen LogP contribution in [0.1, 0.15) is 70.6 Å². The molecular weight excluding hydrogens is 304 g/mol. The maximum absolute atomic E-state index is 11.8. The van der Waals surface area contributed by atoms with Crippen LogP contribution in [0.4, 0.5) is 0 Å². The SMILES string of the molecule is C=CC(=O)OC12CC3CC(CC(OCOC4CCCCC4)(C3)C1)C2. The number of ether oxygens (including phenoxy) is 3. The molecule has 5 aliphatic rings. The maximum Gasteiger partial charge on any atom is 0.330 e. The summed E-state index contributed by atoms with van der Waals surface area (Å²) in [6, 6.07) is 0. The maximum atomic E-state index is 11.8. The van der Waals surface area contributed by atoms with E-state index >= 15 is 0 Å². The summed E-state index contributed by atoms with van der Waals surface area (Å²) in [7, 11) is 0. The lowest BCUT2D eigenvalue weighted by atomic mass is 9.52. The van der Waals surface area contributed by atoms with Crippen molar-refractivity contribution < 1.29 is 19.0 Å². The zero-order chi connectivity index (χ0) is 16.6. The molecule has 4 nitrogen and oxygen atoms in total. The molecule has 24 heavy (non-hydrogen) atoms. The second-order valence-electron chi connectivity index (χ2n) is 8.64. The Morgan fingerprint density at radius 1 is 1.04 bits per heavy atom. The summed E-state index contributed by atoms with van der Waals surface area (Å²) < 4.78 is 18.2. The van der Waals surface area contributed by atoms with E-state index in [1.807, 2.05) is 0 Å². The first-order chi connectivity index (χ1) is 11.6. The van der Waals surface area contributed by atoms with Gasteiger partial charge in [-0.15, -0.1) is 0 Å². The Labute approximate surface area is 144 Å². The van der Waals surface area contributed by atoms with Gasteiger partial charge in [0.05, 0.1) is 11.7 Å². The minimum absolute atomic E-state index is 0.139. The quantitative estimate of drug-likeness (QED) is 0.416. The Kier molecular flexibility index (Phi) is 4.46. The Hall–Kier alpha value is -0.870. The lowest BCUT2D eigenvalue weighted by molar-refractivity contribution is -0.258. The van der Waals surface area contributed by atoms with Gasteiger partial charge in [0.2, 0.25) is 0 Å². The number of hydrogen-bond acceptors (Lipinski definition) is 4. The van der Waals surface area contributed by atoms with Gasteiger partial charge in [-0.3, -0.25) is 0 Å². The topological polar surface area (TPSA) is 44.8 Å². The molecule has 5 aliphatic carbocycles. The van der Waals surface area contributed by atoms with Gasteiger partial charge in [0.1, 0.15) is 12.4 Å². The molecule has 2 atom stereocenters. The second kappa shape index (κ2) is 6.45. The molecule has 5 rings (SSSR count).